The zero-order valence-corrected chi connectivity index (χ0v) is 24.6. The topological polar surface area (TPSA) is 108 Å². The molecule has 2 amide bonds. The van der Waals surface area contributed by atoms with Crippen LogP contribution in [0.5, 0.6) is 0 Å². The van der Waals surface area contributed by atoms with Gasteiger partial charge in [0.1, 0.15) is 0 Å². The van der Waals surface area contributed by atoms with E-state index in [-0.39, 0.29) is 23.7 Å². The minimum Gasteiger partial charge on any atom is -0.366 e. The summed E-state index contributed by atoms with van der Waals surface area (Å²) >= 11 is 0. The molecule has 41 heavy (non-hydrogen) atoms. The first kappa shape index (κ1) is 29.9. The molecule has 0 bridgehead atoms. The van der Waals surface area contributed by atoms with Crippen LogP contribution < -0.4 is 10.2 Å². The average Bonchev–Trinajstić information content (AvgIpc) is 3.43. The second-order valence-corrected chi connectivity index (χ2v) is 11.5. The maximum Gasteiger partial charge on any atom is 0.292 e. The lowest BCUT2D eigenvalue weighted by atomic mass is 9.97. The SMILES string of the molecule is Cc1cc(-c2c(F)cncc2N2CCN(C(=O)/C=C/CN(C)C)CC2)ccc1CNC(=O)c1noc(C(C)(C)C)n1. The van der Waals surface area contributed by atoms with Crippen molar-refractivity contribution in [1.82, 2.24) is 30.2 Å². The molecule has 2 aromatic heterocycles. The van der Waals surface area contributed by atoms with Crippen LogP contribution in [0.2, 0.25) is 0 Å². The van der Waals surface area contributed by atoms with E-state index < -0.39 is 11.7 Å². The Hall–Kier alpha value is -4.12. The van der Waals surface area contributed by atoms with E-state index in [9.17, 15) is 9.59 Å². The molecule has 0 saturated carbocycles. The number of carbonyl (C=O) groups is 2. The van der Waals surface area contributed by atoms with Crippen molar-refractivity contribution in [3.8, 4) is 11.1 Å². The van der Waals surface area contributed by atoms with Gasteiger partial charge in [0, 0.05) is 56.3 Å². The number of anilines is 1. The number of piperazine rings is 1. The Labute approximate surface area is 240 Å². The number of hydrogen-bond donors (Lipinski definition) is 1. The highest BCUT2D eigenvalue weighted by Crippen LogP contribution is 2.34. The standard InChI is InChI=1S/C30H38FN7O3/c1-20-16-21(9-10-22(20)17-33-28(40)27-34-29(41-35-27)30(2,3)4)26-23(31)18-32-19-24(26)37-12-14-38(15-13-37)25(39)8-7-11-36(5)6/h7-10,16,18-19H,11-15,17H2,1-6H3,(H,33,40)/b8-7+. The molecule has 0 atom stereocenters. The van der Waals surface area contributed by atoms with Crippen LogP contribution in [0, 0.1) is 12.7 Å². The smallest absolute Gasteiger partial charge is 0.292 e. The molecular formula is C30H38FN7O3. The van der Waals surface area contributed by atoms with Crippen molar-refractivity contribution >= 4 is 17.5 Å². The van der Waals surface area contributed by atoms with Crippen molar-refractivity contribution in [1.29, 1.82) is 0 Å². The summed E-state index contributed by atoms with van der Waals surface area (Å²) in [6.07, 6.45) is 6.36. The molecule has 1 aromatic carbocycles. The lowest BCUT2D eigenvalue weighted by molar-refractivity contribution is -0.126. The van der Waals surface area contributed by atoms with Crippen LogP contribution in [0.3, 0.4) is 0 Å². The van der Waals surface area contributed by atoms with E-state index in [2.05, 4.69) is 25.3 Å². The van der Waals surface area contributed by atoms with E-state index in [4.69, 9.17) is 4.52 Å². The first-order valence-electron chi connectivity index (χ1n) is 13.6. The van der Waals surface area contributed by atoms with Gasteiger partial charge in [-0.3, -0.25) is 14.6 Å². The van der Waals surface area contributed by atoms with Crippen molar-refractivity contribution in [2.24, 2.45) is 0 Å². The average molecular weight is 564 g/mol. The largest absolute Gasteiger partial charge is 0.366 e. The Bertz CT molecular complexity index is 1420. The van der Waals surface area contributed by atoms with Gasteiger partial charge in [-0.15, -0.1) is 0 Å². The number of likely N-dealkylation sites (N-methyl/N-ethyl adjacent to an activating group) is 1. The number of halogens is 1. The maximum absolute atomic E-state index is 15.2. The fourth-order valence-corrected chi connectivity index (χ4v) is 4.51. The molecule has 1 saturated heterocycles. The molecule has 1 aliphatic rings. The van der Waals surface area contributed by atoms with Crippen molar-refractivity contribution in [3.05, 3.63) is 71.4 Å². The van der Waals surface area contributed by atoms with E-state index in [1.807, 2.05) is 71.0 Å². The zero-order chi connectivity index (χ0) is 29.7. The molecule has 0 unspecified atom stereocenters. The number of rotatable bonds is 8. The third kappa shape index (κ3) is 7.35. The summed E-state index contributed by atoms with van der Waals surface area (Å²) in [4.78, 5) is 39.3. The van der Waals surface area contributed by atoms with E-state index >= 15 is 4.39 Å². The van der Waals surface area contributed by atoms with Crippen LogP contribution in [0.15, 0.2) is 47.3 Å². The highest BCUT2D eigenvalue weighted by molar-refractivity contribution is 5.90. The van der Waals surface area contributed by atoms with Gasteiger partial charge in [-0.2, -0.15) is 4.98 Å². The number of carbonyl (C=O) groups excluding carboxylic acids is 2. The summed E-state index contributed by atoms with van der Waals surface area (Å²) in [6, 6.07) is 5.63. The van der Waals surface area contributed by atoms with E-state index in [1.165, 1.54) is 6.20 Å². The van der Waals surface area contributed by atoms with Gasteiger partial charge in [0.2, 0.25) is 11.8 Å². The Morgan fingerprint density at radius 2 is 1.88 bits per heavy atom. The zero-order valence-electron chi connectivity index (χ0n) is 24.6. The van der Waals surface area contributed by atoms with Gasteiger partial charge in [-0.05, 0) is 37.7 Å². The van der Waals surface area contributed by atoms with E-state index in [0.29, 0.717) is 55.4 Å². The molecule has 1 N–H and O–H groups in total. The Balaban J connectivity index is 1.44. The quantitative estimate of drug-likeness (QED) is 0.415. The molecule has 10 nitrogen and oxygen atoms in total. The normalized spacial score (nSPS) is 14.2. The number of hydrogen-bond acceptors (Lipinski definition) is 8. The Morgan fingerprint density at radius 1 is 1.15 bits per heavy atom. The van der Waals surface area contributed by atoms with Crippen LogP contribution in [0.25, 0.3) is 11.1 Å². The second-order valence-electron chi connectivity index (χ2n) is 11.5. The molecule has 11 heteroatoms. The predicted molar refractivity (Wildman–Crippen MR) is 155 cm³/mol. The molecule has 3 heterocycles. The maximum atomic E-state index is 15.2. The van der Waals surface area contributed by atoms with E-state index in [0.717, 1.165) is 11.1 Å². The molecular weight excluding hydrogens is 525 g/mol. The third-order valence-electron chi connectivity index (χ3n) is 6.88. The first-order chi connectivity index (χ1) is 19.4. The molecule has 1 aliphatic heterocycles. The minimum atomic E-state index is -0.430. The molecule has 0 radical (unpaired) electrons. The van der Waals surface area contributed by atoms with Crippen molar-refractivity contribution < 1.29 is 18.5 Å². The fraction of sp³-hybridized carbons (Fsp3) is 0.433. The summed E-state index contributed by atoms with van der Waals surface area (Å²) in [7, 11) is 3.90. The van der Waals surface area contributed by atoms with Gasteiger partial charge in [0.15, 0.2) is 5.82 Å². The number of amides is 2. The summed E-state index contributed by atoms with van der Waals surface area (Å²) in [6.45, 7) is 10.9. The van der Waals surface area contributed by atoms with Crippen LogP contribution in [-0.4, -0.2) is 83.6 Å². The summed E-state index contributed by atoms with van der Waals surface area (Å²) in [5.74, 6) is -0.487. The molecule has 4 rings (SSSR count). The summed E-state index contributed by atoms with van der Waals surface area (Å²) in [5.41, 5.74) is 3.29. The lowest BCUT2D eigenvalue weighted by Crippen LogP contribution is -2.48. The van der Waals surface area contributed by atoms with Gasteiger partial charge >= 0.3 is 0 Å². The van der Waals surface area contributed by atoms with Gasteiger partial charge in [0.05, 0.1) is 18.1 Å². The van der Waals surface area contributed by atoms with Crippen molar-refractivity contribution in [2.45, 2.75) is 39.7 Å². The number of nitrogens with zero attached hydrogens (tertiary/aromatic N) is 6. The molecule has 0 aliphatic carbocycles. The minimum absolute atomic E-state index is 0.0147. The van der Waals surface area contributed by atoms with Crippen LogP contribution >= 0.6 is 0 Å². The van der Waals surface area contributed by atoms with Gasteiger partial charge in [-0.25, -0.2) is 4.39 Å². The van der Waals surface area contributed by atoms with Crippen LogP contribution in [0.1, 0.15) is 48.4 Å². The van der Waals surface area contributed by atoms with E-state index in [1.54, 1.807) is 17.2 Å². The highest BCUT2D eigenvalue weighted by Gasteiger charge is 2.25. The molecule has 0 spiro atoms. The Kier molecular flexibility index (Phi) is 9.17. The molecule has 3 aromatic rings. The fourth-order valence-electron chi connectivity index (χ4n) is 4.51. The number of aromatic nitrogens is 3. The number of benzene rings is 1. The van der Waals surface area contributed by atoms with Gasteiger partial charge in [-0.1, -0.05) is 50.2 Å². The van der Waals surface area contributed by atoms with Crippen LogP contribution in [-0.2, 0) is 16.8 Å². The number of nitrogens with one attached hydrogen (secondary N) is 1. The van der Waals surface area contributed by atoms with Crippen molar-refractivity contribution in [2.75, 3.05) is 51.7 Å². The lowest BCUT2D eigenvalue weighted by Gasteiger charge is -2.36. The number of aryl methyl sites for hydroxylation is 1. The highest BCUT2D eigenvalue weighted by atomic mass is 19.1. The summed E-state index contributed by atoms with van der Waals surface area (Å²) < 4.78 is 20.4. The second kappa shape index (κ2) is 12.6. The number of pyridine rings is 1. The first-order valence-corrected chi connectivity index (χ1v) is 13.6. The molecule has 218 valence electrons. The molecule has 1 fully saturated rings. The third-order valence-corrected chi connectivity index (χ3v) is 6.88. The Morgan fingerprint density at radius 3 is 2.51 bits per heavy atom. The predicted octanol–water partition coefficient (Wildman–Crippen LogP) is 3.57. The van der Waals surface area contributed by atoms with Crippen LogP contribution in [0.4, 0.5) is 10.1 Å². The van der Waals surface area contributed by atoms with Gasteiger partial charge < -0.3 is 24.5 Å². The monoisotopic (exact) mass is 563 g/mol. The summed E-state index contributed by atoms with van der Waals surface area (Å²) in [5, 5.41) is 6.62. The van der Waals surface area contributed by atoms with Gasteiger partial charge in [0.25, 0.3) is 11.7 Å². The van der Waals surface area contributed by atoms with Crippen molar-refractivity contribution in [3.63, 3.8) is 0 Å².